The molecule has 0 aliphatic carbocycles. The van der Waals surface area contributed by atoms with Crippen LogP contribution < -0.4 is 0 Å². The van der Waals surface area contributed by atoms with Crippen LogP contribution in [0, 0.1) is 5.82 Å². The molecule has 0 atom stereocenters. The van der Waals surface area contributed by atoms with Crippen molar-refractivity contribution in [3.05, 3.63) is 34.1 Å². The van der Waals surface area contributed by atoms with Gasteiger partial charge in [-0.15, -0.1) is 0 Å². The third kappa shape index (κ3) is 3.77. The first kappa shape index (κ1) is 14.9. The summed E-state index contributed by atoms with van der Waals surface area (Å²) < 4.78 is 14.1. The van der Waals surface area contributed by atoms with E-state index in [2.05, 4.69) is 39.7 Å². The summed E-state index contributed by atoms with van der Waals surface area (Å²) in [6.45, 7) is 6.51. The highest BCUT2D eigenvalue weighted by atomic mass is 79.9. The van der Waals surface area contributed by atoms with Gasteiger partial charge in [-0.1, -0.05) is 19.1 Å². The first-order chi connectivity index (χ1) is 9.11. The molecule has 1 aliphatic heterocycles. The molecular formula is C15H22BrFN2. The van der Waals surface area contributed by atoms with Gasteiger partial charge in [-0.3, -0.25) is 4.90 Å². The van der Waals surface area contributed by atoms with E-state index < -0.39 is 0 Å². The Labute approximate surface area is 123 Å². The van der Waals surface area contributed by atoms with Crippen LogP contribution in [0.15, 0.2) is 22.7 Å². The van der Waals surface area contributed by atoms with Crippen LogP contribution in [-0.4, -0.2) is 42.5 Å². The molecule has 1 aliphatic rings. The topological polar surface area (TPSA) is 6.48 Å². The summed E-state index contributed by atoms with van der Waals surface area (Å²) in [5.41, 5.74) is 1.03. The lowest BCUT2D eigenvalue weighted by atomic mass is 10.0. The van der Waals surface area contributed by atoms with Crippen LogP contribution in [-0.2, 0) is 6.54 Å². The van der Waals surface area contributed by atoms with Gasteiger partial charge in [-0.2, -0.15) is 0 Å². The van der Waals surface area contributed by atoms with E-state index in [1.54, 1.807) is 6.07 Å². The van der Waals surface area contributed by atoms with Gasteiger partial charge in [0.1, 0.15) is 5.82 Å². The van der Waals surface area contributed by atoms with Crippen molar-refractivity contribution in [2.45, 2.75) is 32.4 Å². The van der Waals surface area contributed by atoms with E-state index in [-0.39, 0.29) is 5.82 Å². The molecular weight excluding hydrogens is 307 g/mol. The molecule has 0 amide bonds. The Morgan fingerprint density at radius 2 is 2.05 bits per heavy atom. The van der Waals surface area contributed by atoms with Crippen LogP contribution >= 0.6 is 15.9 Å². The van der Waals surface area contributed by atoms with Gasteiger partial charge in [0.15, 0.2) is 0 Å². The van der Waals surface area contributed by atoms with Gasteiger partial charge in [-0.25, -0.2) is 4.39 Å². The predicted molar refractivity (Wildman–Crippen MR) is 80.7 cm³/mol. The molecule has 0 N–H and O–H groups in total. The molecule has 0 saturated carbocycles. The van der Waals surface area contributed by atoms with E-state index >= 15 is 0 Å². The third-order valence-electron chi connectivity index (χ3n) is 4.08. The van der Waals surface area contributed by atoms with Crippen LogP contribution in [0.1, 0.15) is 25.3 Å². The fraction of sp³-hybridized carbons (Fsp3) is 0.600. The Bertz CT molecular complexity index is 417. The van der Waals surface area contributed by atoms with Gasteiger partial charge in [0.05, 0.1) is 4.47 Å². The summed E-state index contributed by atoms with van der Waals surface area (Å²) in [7, 11) is 2.14. The molecule has 1 heterocycles. The average Bonchev–Trinajstić information content (AvgIpc) is 2.44. The third-order valence-corrected chi connectivity index (χ3v) is 4.97. The van der Waals surface area contributed by atoms with Crippen LogP contribution in [0.25, 0.3) is 0 Å². The molecule has 0 spiro atoms. The number of likely N-dealkylation sites (tertiary alicyclic amines) is 1. The van der Waals surface area contributed by atoms with E-state index in [9.17, 15) is 4.39 Å². The normalized spacial score (nSPS) is 18.2. The van der Waals surface area contributed by atoms with Gasteiger partial charge < -0.3 is 4.90 Å². The fourth-order valence-corrected chi connectivity index (χ4v) is 3.13. The maximum absolute atomic E-state index is 13.5. The highest BCUT2D eigenvalue weighted by Crippen LogP contribution is 2.24. The van der Waals surface area contributed by atoms with Crippen LogP contribution in [0.2, 0.25) is 0 Å². The van der Waals surface area contributed by atoms with Gasteiger partial charge in [0, 0.05) is 12.6 Å². The molecule has 0 aromatic heterocycles. The molecule has 19 heavy (non-hydrogen) atoms. The highest BCUT2D eigenvalue weighted by Gasteiger charge is 2.22. The molecule has 0 unspecified atom stereocenters. The summed E-state index contributed by atoms with van der Waals surface area (Å²) in [6.07, 6.45) is 2.41. The minimum Gasteiger partial charge on any atom is -0.303 e. The summed E-state index contributed by atoms with van der Waals surface area (Å²) >= 11 is 3.34. The molecule has 1 fully saturated rings. The lowest BCUT2D eigenvalue weighted by Crippen LogP contribution is -2.42. The molecule has 4 heteroatoms. The van der Waals surface area contributed by atoms with E-state index in [0.717, 1.165) is 18.7 Å². The SMILES string of the molecule is CCN1CCC(N(C)Cc2cccc(F)c2Br)CC1. The zero-order valence-corrected chi connectivity index (χ0v) is 13.3. The van der Waals surface area contributed by atoms with Crippen LogP contribution in [0.4, 0.5) is 4.39 Å². The number of halogens is 2. The quantitative estimate of drug-likeness (QED) is 0.834. The zero-order chi connectivity index (χ0) is 13.8. The summed E-state index contributed by atoms with van der Waals surface area (Å²) in [4.78, 5) is 4.84. The van der Waals surface area contributed by atoms with Gasteiger partial charge >= 0.3 is 0 Å². The Kier molecular flexibility index (Phi) is 5.37. The van der Waals surface area contributed by atoms with Crippen molar-refractivity contribution in [2.24, 2.45) is 0 Å². The lowest BCUT2D eigenvalue weighted by Gasteiger charge is -2.36. The van der Waals surface area contributed by atoms with E-state index in [4.69, 9.17) is 0 Å². The van der Waals surface area contributed by atoms with Crippen LogP contribution in [0.3, 0.4) is 0 Å². The highest BCUT2D eigenvalue weighted by molar-refractivity contribution is 9.10. The van der Waals surface area contributed by atoms with Crippen molar-refractivity contribution in [3.63, 3.8) is 0 Å². The maximum Gasteiger partial charge on any atom is 0.137 e. The first-order valence-electron chi connectivity index (χ1n) is 6.97. The zero-order valence-electron chi connectivity index (χ0n) is 11.7. The molecule has 2 rings (SSSR count). The average molecular weight is 329 g/mol. The fourth-order valence-electron chi connectivity index (χ4n) is 2.74. The molecule has 1 saturated heterocycles. The second-order valence-electron chi connectivity index (χ2n) is 5.29. The molecule has 106 valence electrons. The maximum atomic E-state index is 13.5. The molecule has 1 aromatic carbocycles. The van der Waals surface area contributed by atoms with E-state index in [0.29, 0.717) is 10.5 Å². The Hall–Kier alpha value is -0.450. The number of nitrogens with zero attached hydrogens (tertiary/aromatic N) is 2. The lowest BCUT2D eigenvalue weighted by molar-refractivity contribution is 0.127. The van der Waals surface area contributed by atoms with E-state index in [1.165, 1.54) is 32.0 Å². The Balaban J connectivity index is 1.94. The van der Waals surface area contributed by atoms with Crippen molar-refractivity contribution in [2.75, 3.05) is 26.7 Å². The van der Waals surface area contributed by atoms with Gasteiger partial charge in [-0.05, 0) is 67.1 Å². The van der Waals surface area contributed by atoms with Gasteiger partial charge in [0.25, 0.3) is 0 Å². The summed E-state index contributed by atoms with van der Waals surface area (Å²) in [5, 5.41) is 0. The van der Waals surface area contributed by atoms with Crippen molar-refractivity contribution in [1.29, 1.82) is 0 Å². The number of piperidine rings is 1. The number of hydrogen-bond donors (Lipinski definition) is 0. The molecule has 1 aromatic rings. The number of hydrogen-bond acceptors (Lipinski definition) is 2. The number of benzene rings is 1. The second kappa shape index (κ2) is 6.82. The smallest absolute Gasteiger partial charge is 0.137 e. The van der Waals surface area contributed by atoms with Gasteiger partial charge in [0.2, 0.25) is 0 Å². The molecule has 0 radical (unpaired) electrons. The van der Waals surface area contributed by atoms with Crippen molar-refractivity contribution >= 4 is 15.9 Å². The Morgan fingerprint density at radius 1 is 1.37 bits per heavy atom. The largest absolute Gasteiger partial charge is 0.303 e. The van der Waals surface area contributed by atoms with Crippen molar-refractivity contribution < 1.29 is 4.39 Å². The van der Waals surface area contributed by atoms with E-state index in [1.807, 2.05) is 6.07 Å². The monoisotopic (exact) mass is 328 g/mol. The van der Waals surface area contributed by atoms with Crippen LogP contribution in [0.5, 0.6) is 0 Å². The molecule has 0 bridgehead atoms. The summed E-state index contributed by atoms with van der Waals surface area (Å²) in [5.74, 6) is -0.174. The van der Waals surface area contributed by atoms with Crippen molar-refractivity contribution in [3.8, 4) is 0 Å². The molecule has 2 nitrogen and oxygen atoms in total. The minimum absolute atomic E-state index is 0.174. The predicted octanol–water partition coefficient (Wildman–Crippen LogP) is 3.50. The second-order valence-corrected chi connectivity index (χ2v) is 6.09. The minimum atomic E-state index is -0.174. The first-order valence-corrected chi connectivity index (χ1v) is 7.76. The summed E-state index contributed by atoms with van der Waals surface area (Å²) in [6, 6.07) is 5.87. The standard InChI is InChI=1S/C15H22BrFN2/c1-3-19-9-7-13(8-10-19)18(2)11-12-5-4-6-14(17)15(12)16/h4-6,13H,3,7-11H2,1-2H3. The number of rotatable bonds is 4. The Morgan fingerprint density at radius 3 is 2.68 bits per heavy atom. The van der Waals surface area contributed by atoms with Crippen molar-refractivity contribution in [1.82, 2.24) is 9.80 Å².